The van der Waals surface area contributed by atoms with Crippen LogP contribution < -0.4 is 0 Å². The van der Waals surface area contributed by atoms with Crippen molar-refractivity contribution in [1.82, 2.24) is 4.98 Å². The first-order valence-electron chi connectivity index (χ1n) is 6.70. The Morgan fingerprint density at radius 2 is 1.86 bits per heavy atom. The third-order valence-electron chi connectivity index (χ3n) is 3.17. The van der Waals surface area contributed by atoms with Gasteiger partial charge in [0, 0.05) is 28.8 Å². The molecule has 2 N–H and O–H groups in total. The molecule has 0 aliphatic rings. The van der Waals surface area contributed by atoms with Crippen molar-refractivity contribution < 1.29 is 10.2 Å². The fourth-order valence-corrected chi connectivity index (χ4v) is 2.62. The molecule has 0 aliphatic heterocycles. The van der Waals surface area contributed by atoms with Crippen LogP contribution in [0.25, 0.3) is 11.3 Å². The Labute approximate surface area is 132 Å². The standard InChI is InChI=1S/C17H14N2O2S/c1-11-2-4-12(5-3-11)15-10-22-17(19-15)18-9-13-6-7-14(20)8-16(13)21/h2-10,20-21H,1H3. The molecule has 0 radical (unpaired) electrons. The average Bonchev–Trinajstić information content (AvgIpc) is 2.96. The summed E-state index contributed by atoms with van der Waals surface area (Å²) in [7, 11) is 0. The summed E-state index contributed by atoms with van der Waals surface area (Å²) in [6, 6.07) is 12.5. The molecule has 0 fully saturated rings. The number of hydrogen-bond acceptors (Lipinski definition) is 5. The SMILES string of the molecule is Cc1ccc(-c2csc(N=Cc3ccc(O)cc3O)n2)cc1. The number of aromatic hydroxyl groups is 2. The molecule has 2 aromatic carbocycles. The summed E-state index contributed by atoms with van der Waals surface area (Å²) in [6.45, 7) is 2.05. The van der Waals surface area contributed by atoms with Crippen molar-refractivity contribution in [2.75, 3.05) is 0 Å². The molecule has 0 bridgehead atoms. The lowest BCUT2D eigenvalue weighted by Crippen LogP contribution is -1.81. The van der Waals surface area contributed by atoms with E-state index in [9.17, 15) is 10.2 Å². The van der Waals surface area contributed by atoms with E-state index >= 15 is 0 Å². The number of aryl methyl sites for hydroxylation is 1. The lowest BCUT2D eigenvalue weighted by Gasteiger charge is -1.98. The van der Waals surface area contributed by atoms with Gasteiger partial charge in [-0.2, -0.15) is 0 Å². The maximum Gasteiger partial charge on any atom is 0.209 e. The van der Waals surface area contributed by atoms with Crippen LogP contribution in [0.2, 0.25) is 0 Å². The maximum absolute atomic E-state index is 9.71. The molecule has 4 nitrogen and oxygen atoms in total. The van der Waals surface area contributed by atoms with E-state index in [1.54, 1.807) is 6.07 Å². The quantitative estimate of drug-likeness (QED) is 0.710. The number of rotatable bonds is 3. The summed E-state index contributed by atoms with van der Waals surface area (Å²) in [4.78, 5) is 8.73. The van der Waals surface area contributed by atoms with Crippen LogP contribution in [-0.4, -0.2) is 21.4 Å². The Balaban J connectivity index is 1.82. The highest BCUT2D eigenvalue weighted by Crippen LogP contribution is 2.27. The van der Waals surface area contributed by atoms with Crippen molar-refractivity contribution in [3.63, 3.8) is 0 Å². The van der Waals surface area contributed by atoms with Gasteiger partial charge in [0.15, 0.2) is 0 Å². The molecule has 0 saturated carbocycles. The zero-order chi connectivity index (χ0) is 15.5. The number of phenolic OH excluding ortho intramolecular Hbond substituents is 2. The lowest BCUT2D eigenvalue weighted by molar-refractivity contribution is 0.450. The third-order valence-corrected chi connectivity index (χ3v) is 3.92. The van der Waals surface area contributed by atoms with E-state index in [0.29, 0.717) is 10.7 Å². The summed E-state index contributed by atoms with van der Waals surface area (Å²) in [5.74, 6) is 0.00428. The third kappa shape index (κ3) is 3.15. The van der Waals surface area contributed by atoms with Gasteiger partial charge in [0.2, 0.25) is 5.13 Å². The van der Waals surface area contributed by atoms with E-state index in [1.807, 2.05) is 36.6 Å². The molecular formula is C17H14N2O2S. The van der Waals surface area contributed by atoms with Crippen molar-refractivity contribution in [1.29, 1.82) is 0 Å². The van der Waals surface area contributed by atoms with Crippen LogP contribution in [0.15, 0.2) is 52.8 Å². The zero-order valence-corrected chi connectivity index (χ0v) is 12.7. The first kappa shape index (κ1) is 14.3. The summed E-state index contributed by atoms with van der Waals surface area (Å²) in [5, 5.41) is 21.5. The van der Waals surface area contributed by atoms with E-state index in [0.717, 1.165) is 11.3 Å². The summed E-state index contributed by atoms with van der Waals surface area (Å²) in [6.07, 6.45) is 1.53. The molecule has 0 atom stereocenters. The van der Waals surface area contributed by atoms with Gasteiger partial charge in [0.05, 0.1) is 5.69 Å². The number of benzene rings is 2. The Hall–Kier alpha value is -2.66. The topological polar surface area (TPSA) is 65.7 Å². The van der Waals surface area contributed by atoms with Crippen molar-refractivity contribution >= 4 is 22.7 Å². The first-order chi connectivity index (χ1) is 10.6. The molecule has 0 aliphatic carbocycles. The number of nitrogens with zero attached hydrogens (tertiary/aromatic N) is 2. The van der Waals surface area contributed by atoms with Crippen LogP contribution in [0.1, 0.15) is 11.1 Å². The van der Waals surface area contributed by atoms with Gasteiger partial charge in [0.1, 0.15) is 11.5 Å². The highest BCUT2D eigenvalue weighted by Gasteiger charge is 2.04. The first-order valence-corrected chi connectivity index (χ1v) is 7.58. The van der Waals surface area contributed by atoms with Crippen LogP contribution in [0, 0.1) is 6.92 Å². The number of thiazole rings is 1. The molecule has 1 heterocycles. The normalized spacial score (nSPS) is 11.1. The zero-order valence-electron chi connectivity index (χ0n) is 11.9. The number of aromatic nitrogens is 1. The fraction of sp³-hybridized carbons (Fsp3) is 0.0588. The predicted molar refractivity (Wildman–Crippen MR) is 89.3 cm³/mol. The van der Waals surface area contributed by atoms with Crippen LogP contribution in [0.3, 0.4) is 0 Å². The predicted octanol–water partition coefficient (Wildman–Crippen LogP) is 4.28. The summed E-state index contributed by atoms with van der Waals surface area (Å²) in [5.41, 5.74) is 3.67. The van der Waals surface area contributed by atoms with Gasteiger partial charge < -0.3 is 10.2 Å². The fourth-order valence-electron chi connectivity index (χ4n) is 1.95. The monoisotopic (exact) mass is 310 g/mol. The average molecular weight is 310 g/mol. The molecule has 110 valence electrons. The van der Waals surface area contributed by atoms with Gasteiger partial charge in [-0.15, -0.1) is 11.3 Å². The van der Waals surface area contributed by atoms with E-state index < -0.39 is 0 Å². The molecule has 3 aromatic rings. The highest BCUT2D eigenvalue weighted by molar-refractivity contribution is 7.13. The van der Waals surface area contributed by atoms with Gasteiger partial charge in [-0.25, -0.2) is 9.98 Å². The summed E-state index contributed by atoms with van der Waals surface area (Å²) >= 11 is 1.44. The summed E-state index contributed by atoms with van der Waals surface area (Å²) < 4.78 is 0. The van der Waals surface area contributed by atoms with Crippen LogP contribution in [0.5, 0.6) is 11.5 Å². The molecule has 1 aromatic heterocycles. The van der Waals surface area contributed by atoms with Crippen LogP contribution >= 0.6 is 11.3 Å². The molecule has 3 rings (SSSR count). The number of hydrogen-bond donors (Lipinski definition) is 2. The largest absolute Gasteiger partial charge is 0.508 e. The second-order valence-electron chi connectivity index (χ2n) is 4.88. The minimum atomic E-state index is -0.0148. The lowest BCUT2D eigenvalue weighted by atomic mass is 10.1. The molecule has 0 amide bonds. The van der Waals surface area contributed by atoms with Crippen molar-refractivity contribution in [3.05, 3.63) is 59.0 Å². The van der Waals surface area contributed by atoms with Crippen LogP contribution in [-0.2, 0) is 0 Å². The van der Waals surface area contributed by atoms with Crippen molar-refractivity contribution in [3.8, 4) is 22.8 Å². The Morgan fingerprint density at radius 3 is 2.59 bits per heavy atom. The van der Waals surface area contributed by atoms with Gasteiger partial charge >= 0.3 is 0 Å². The molecule has 22 heavy (non-hydrogen) atoms. The highest BCUT2D eigenvalue weighted by atomic mass is 32.1. The second kappa shape index (κ2) is 5.99. The van der Waals surface area contributed by atoms with Gasteiger partial charge in [-0.1, -0.05) is 29.8 Å². The van der Waals surface area contributed by atoms with Gasteiger partial charge in [-0.05, 0) is 19.1 Å². The molecule has 0 spiro atoms. The maximum atomic E-state index is 9.71. The molecule has 0 saturated heterocycles. The minimum absolute atomic E-state index is 0.0148. The number of aliphatic imine (C=N–C) groups is 1. The smallest absolute Gasteiger partial charge is 0.209 e. The van der Waals surface area contributed by atoms with E-state index in [1.165, 1.54) is 35.2 Å². The van der Waals surface area contributed by atoms with Crippen LogP contribution in [0.4, 0.5) is 5.13 Å². The Kier molecular flexibility index (Phi) is 3.89. The van der Waals surface area contributed by atoms with Gasteiger partial charge in [0.25, 0.3) is 0 Å². The second-order valence-corrected chi connectivity index (χ2v) is 5.72. The molecular weight excluding hydrogens is 296 g/mol. The van der Waals surface area contributed by atoms with E-state index in [-0.39, 0.29) is 11.5 Å². The Bertz CT molecular complexity index is 823. The van der Waals surface area contributed by atoms with Gasteiger partial charge in [-0.3, -0.25) is 0 Å². The van der Waals surface area contributed by atoms with E-state index in [4.69, 9.17) is 0 Å². The molecule has 0 unspecified atom stereocenters. The van der Waals surface area contributed by atoms with Crippen molar-refractivity contribution in [2.45, 2.75) is 6.92 Å². The Morgan fingerprint density at radius 1 is 1.09 bits per heavy atom. The molecule has 5 heteroatoms. The minimum Gasteiger partial charge on any atom is -0.508 e. The van der Waals surface area contributed by atoms with E-state index in [2.05, 4.69) is 9.98 Å². The van der Waals surface area contributed by atoms with Crippen molar-refractivity contribution in [2.24, 2.45) is 4.99 Å². The number of phenols is 2.